The van der Waals surface area contributed by atoms with Crippen molar-refractivity contribution in [2.24, 2.45) is 11.7 Å². The highest BCUT2D eigenvalue weighted by Gasteiger charge is 2.30. The van der Waals surface area contributed by atoms with E-state index in [1.807, 2.05) is 4.57 Å². The summed E-state index contributed by atoms with van der Waals surface area (Å²) < 4.78 is 31.0. The van der Waals surface area contributed by atoms with Gasteiger partial charge >= 0.3 is 0 Å². The molecule has 2 aromatic heterocycles. The molecule has 0 radical (unpaired) electrons. The first kappa shape index (κ1) is 24.6. The van der Waals surface area contributed by atoms with E-state index in [9.17, 15) is 18.7 Å². The second-order valence-electron chi connectivity index (χ2n) is 9.65. The number of aliphatic hydroxyl groups excluding tert-OH is 1. The number of carbonyl (C=O) groups excluding carboxylic acids is 1. The molecule has 9 nitrogen and oxygen atoms in total. The molecular weight excluding hydrogens is 492 g/mol. The smallest absolute Gasteiger partial charge is 0.224 e. The molecular formula is C24H28ClF2N7O2. The third-order valence-electron chi connectivity index (χ3n) is 7.12. The number of nitrogens with zero attached hydrogens (tertiary/aromatic N) is 4. The zero-order valence-electron chi connectivity index (χ0n) is 19.6. The van der Waals surface area contributed by atoms with Crippen LogP contribution in [-0.4, -0.2) is 42.7 Å². The first-order chi connectivity index (χ1) is 17.3. The number of aromatic nitrogens is 4. The van der Waals surface area contributed by atoms with Gasteiger partial charge in [-0.2, -0.15) is 4.98 Å². The Bertz CT molecular complexity index is 1260. The predicted octanol–water partition coefficient (Wildman–Crippen LogP) is 4.43. The normalized spacial score (nSPS) is 24.6. The van der Waals surface area contributed by atoms with Crippen LogP contribution < -0.4 is 16.4 Å². The number of nitrogens with two attached hydrogens (primary N) is 1. The second kappa shape index (κ2) is 10.1. The molecule has 2 aliphatic carbocycles. The monoisotopic (exact) mass is 519 g/mol. The maximum absolute atomic E-state index is 14.6. The molecule has 12 heteroatoms. The van der Waals surface area contributed by atoms with Crippen molar-refractivity contribution in [3.8, 4) is 0 Å². The van der Waals surface area contributed by atoms with Gasteiger partial charge in [-0.15, -0.1) is 0 Å². The zero-order chi connectivity index (χ0) is 25.4. The van der Waals surface area contributed by atoms with E-state index in [1.54, 1.807) is 6.20 Å². The Morgan fingerprint density at radius 2 is 1.83 bits per heavy atom. The number of imidazole rings is 1. The van der Waals surface area contributed by atoms with E-state index in [2.05, 4.69) is 20.6 Å². The van der Waals surface area contributed by atoms with Crippen molar-refractivity contribution in [1.82, 2.24) is 19.5 Å². The van der Waals surface area contributed by atoms with Gasteiger partial charge in [0.15, 0.2) is 17.3 Å². The molecule has 0 saturated heterocycles. The quantitative estimate of drug-likeness (QED) is 0.379. The molecule has 2 saturated carbocycles. The Kier molecular flexibility index (Phi) is 6.94. The predicted molar refractivity (Wildman–Crippen MR) is 132 cm³/mol. The van der Waals surface area contributed by atoms with Crippen molar-refractivity contribution >= 4 is 46.3 Å². The highest BCUT2D eigenvalue weighted by molar-refractivity contribution is 6.30. The Balaban J connectivity index is 1.51. The molecule has 2 atom stereocenters. The van der Waals surface area contributed by atoms with Crippen LogP contribution in [0.4, 0.5) is 26.4 Å². The lowest BCUT2D eigenvalue weighted by atomic mass is 9.85. The number of hydrogen-bond donors (Lipinski definition) is 4. The summed E-state index contributed by atoms with van der Waals surface area (Å²) in [6.07, 6.45) is 6.86. The number of carbonyl (C=O) groups is 1. The number of hydrogen-bond acceptors (Lipinski definition) is 7. The molecule has 0 bridgehead atoms. The lowest BCUT2D eigenvalue weighted by Gasteiger charge is -2.29. The minimum absolute atomic E-state index is 0.0448. The molecule has 5 rings (SSSR count). The van der Waals surface area contributed by atoms with Gasteiger partial charge in [0, 0.05) is 23.0 Å². The number of halogens is 3. The van der Waals surface area contributed by atoms with E-state index in [0.29, 0.717) is 49.2 Å². The molecule has 5 N–H and O–H groups in total. The van der Waals surface area contributed by atoms with Crippen molar-refractivity contribution in [3.63, 3.8) is 0 Å². The van der Waals surface area contributed by atoms with E-state index in [-0.39, 0.29) is 46.7 Å². The van der Waals surface area contributed by atoms with Crippen molar-refractivity contribution in [1.29, 1.82) is 0 Å². The maximum Gasteiger partial charge on any atom is 0.224 e. The average Bonchev–Trinajstić information content (AvgIpc) is 3.18. The first-order valence-electron chi connectivity index (χ1n) is 12.2. The van der Waals surface area contributed by atoms with E-state index >= 15 is 0 Å². The summed E-state index contributed by atoms with van der Waals surface area (Å²) in [6, 6.07) is 1.98. The molecule has 2 fully saturated rings. The number of anilines is 3. The number of amides is 1. The highest BCUT2D eigenvalue weighted by Crippen LogP contribution is 2.38. The number of rotatable bonds is 6. The Morgan fingerprint density at radius 3 is 2.50 bits per heavy atom. The summed E-state index contributed by atoms with van der Waals surface area (Å²) in [4.78, 5) is 25.3. The first-order valence-corrected chi connectivity index (χ1v) is 12.6. The number of aliphatic hydroxyl groups is 1. The zero-order valence-corrected chi connectivity index (χ0v) is 20.3. The van der Waals surface area contributed by atoms with Crippen LogP contribution in [0.25, 0.3) is 11.2 Å². The Hall–Kier alpha value is -3.05. The molecule has 192 valence electrons. The van der Waals surface area contributed by atoms with E-state index < -0.39 is 11.6 Å². The molecule has 0 spiro atoms. The number of nitrogens with one attached hydrogen (secondary N) is 2. The minimum atomic E-state index is -0.847. The SMILES string of the molecule is NC(=O)C1CCC(n2c(Nc3c(F)cc(Cl)cc3F)nc3cnc(N[C@H]4CCC[C@@H](O)C4)nc32)CC1. The van der Waals surface area contributed by atoms with Gasteiger partial charge in [-0.25, -0.2) is 18.7 Å². The summed E-state index contributed by atoms with van der Waals surface area (Å²) in [5.41, 5.74) is 6.10. The lowest BCUT2D eigenvalue weighted by Crippen LogP contribution is -2.30. The molecule has 3 aromatic rings. The van der Waals surface area contributed by atoms with Gasteiger partial charge in [0.05, 0.1) is 12.3 Å². The van der Waals surface area contributed by atoms with Gasteiger partial charge in [-0.05, 0) is 63.5 Å². The fourth-order valence-electron chi connectivity index (χ4n) is 5.26. The van der Waals surface area contributed by atoms with Gasteiger partial charge in [0.1, 0.15) is 11.2 Å². The average molecular weight is 520 g/mol. The molecule has 0 unspecified atom stereocenters. The minimum Gasteiger partial charge on any atom is -0.393 e. The van der Waals surface area contributed by atoms with Crippen LogP contribution in [0, 0.1) is 17.6 Å². The van der Waals surface area contributed by atoms with Gasteiger partial charge in [-0.1, -0.05) is 11.6 Å². The van der Waals surface area contributed by atoms with E-state index in [0.717, 1.165) is 31.4 Å². The standard InChI is InChI=1S/C24H28ClF2N7O2/c25-13-8-17(26)20(18(27)9-13)32-24-31-19-11-29-23(30-14-2-1-3-16(35)10-14)33-22(19)34(24)15-6-4-12(5-7-15)21(28)36/h8-9,11-12,14-16,35H,1-7,10H2,(H2,28,36)(H,31,32)(H,29,30,33)/t12?,14-,15?,16+/m0/s1. The van der Waals surface area contributed by atoms with Gasteiger partial charge in [-0.3, -0.25) is 9.36 Å². The molecule has 1 aromatic carbocycles. The van der Waals surface area contributed by atoms with Crippen molar-refractivity contribution in [3.05, 3.63) is 35.0 Å². The Labute approximate surface area is 211 Å². The molecule has 2 aliphatic rings. The number of benzene rings is 1. The van der Waals surface area contributed by atoms with Crippen LogP contribution in [0.15, 0.2) is 18.3 Å². The van der Waals surface area contributed by atoms with Crippen LogP contribution >= 0.6 is 11.6 Å². The molecule has 36 heavy (non-hydrogen) atoms. The summed E-state index contributed by atoms with van der Waals surface area (Å²) in [7, 11) is 0. The van der Waals surface area contributed by atoms with Crippen LogP contribution in [0.2, 0.25) is 5.02 Å². The second-order valence-corrected chi connectivity index (χ2v) is 10.1. The third kappa shape index (κ3) is 5.08. The fourth-order valence-corrected chi connectivity index (χ4v) is 5.46. The van der Waals surface area contributed by atoms with Crippen LogP contribution in [0.5, 0.6) is 0 Å². The molecule has 0 aliphatic heterocycles. The Morgan fingerprint density at radius 1 is 1.11 bits per heavy atom. The summed E-state index contributed by atoms with van der Waals surface area (Å²) in [5.74, 6) is -1.61. The summed E-state index contributed by atoms with van der Waals surface area (Å²) in [6.45, 7) is 0. The van der Waals surface area contributed by atoms with Crippen LogP contribution in [0.1, 0.15) is 57.4 Å². The molecule has 1 amide bonds. The lowest BCUT2D eigenvalue weighted by molar-refractivity contribution is -0.122. The molecule has 2 heterocycles. The topological polar surface area (TPSA) is 131 Å². The largest absolute Gasteiger partial charge is 0.393 e. The van der Waals surface area contributed by atoms with Gasteiger partial charge in [0.25, 0.3) is 0 Å². The fraction of sp³-hybridized carbons (Fsp3) is 0.500. The van der Waals surface area contributed by atoms with Gasteiger partial charge < -0.3 is 21.5 Å². The number of fused-ring (bicyclic) bond motifs is 1. The van der Waals surface area contributed by atoms with Crippen molar-refractivity contribution in [2.45, 2.75) is 69.6 Å². The van der Waals surface area contributed by atoms with Crippen LogP contribution in [0.3, 0.4) is 0 Å². The van der Waals surface area contributed by atoms with Gasteiger partial charge in [0.2, 0.25) is 17.8 Å². The number of primary amides is 1. The maximum atomic E-state index is 14.6. The van der Waals surface area contributed by atoms with E-state index in [4.69, 9.17) is 22.3 Å². The summed E-state index contributed by atoms with van der Waals surface area (Å²) in [5, 5.41) is 16.0. The summed E-state index contributed by atoms with van der Waals surface area (Å²) >= 11 is 5.78. The van der Waals surface area contributed by atoms with Crippen molar-refractivity contribution < 1.29 is 18.7 Å². The van der Waals surface area contributed by atoms with Crippen LogP contribution in [-0.2, 0) is 4.79 Å². The van der Waals surface area contributed by atoms with Crippen molar-refractivity contribution in [2.75, 3.05) is 10.6 Å². The van der Waals surface area contributed by atoms with E-state index in [1.165, 1.54) is 0 Å². The highest BCUT2D eigenvalue weighted by atomic mass is 35.5. The third-order valence-corrected chi connectivity index (χ3v) is 7.34.